The molecule has 1 unspecified atom stereocenters. The molecule has 1 aromatic heterocycles. The van der Waals surface area contributed by atoms with Gasteiger partial charge in [-0.2, -0.15) is 0 Å². The lowest BCUT2D eigenvalue weighted by Crippen LogP contribution is -2.30. The lowest BCUT2D eigenvalue weighted by Gasteiger charge is -2.14. The van der Waals surface area contributed by atoms with Crippen LogP contribution in [0.5, 0.6) is 0 Å². The van der Waals surface area contributed by atoms with Crippen LogP contribution in [0.25, 0.3) is 0 Å². The minimum atomic E-state index is 0.164. The van der Waals surface area contributed by atoms with E-state index in [0.717, 1.165) is 31.2 Å². The predicted octanol–water partition coefficient (Wildman–Crippen LogP) is 2.91. The highest BCUT2D eigenvalue weighted by Crippen LogP contribution is 2.12. The summed E-state index contributed by atoms with van der Waals surface area (Å²) < 4.78 is 0. The summed E-state index contributed by atoms with van der Waals surface area (Å²) in [5, 5.41) is 2.99. The van der Waals surface area contributed by atoms with Crippen molar-refractivity contribution in [1.29, 1.82) is 0 Å². The Morgan fingerprint density at radius 3 is 2.65 bits per heavy atom. The van der Waals surface area contributed by atoms with Crippen molar-refractivity contribution in [3.05, 3.63) is 30.1 Å². The second-order valence-electron chi connectivity index (χ2n) is 4.32. The highest BCUT2D eigenvalue weighted by molar-refractivity contribution is 5.78. The zero-order valence-electron chi connectivity index (χ0n) is 10.8. The first kappa shape index (κ1) is 13.7. The molecule has 0 radical (unpaired) electrons. The van der Waals surface area contributed by atoms with Crippen molar-refractivity contribution < 1.29 is 4.79 Å². The van der Waals surface area contributed by atoms with Gasteiger partial charge < -0.3 is 5.32 Å². The molecular formula is C14H22N2O. The van der Waals surface area contributed by atoms with E-state index in [2.05, 4.69) is 24.1 Å². The van der Waals surface area contributed by atoms with Gasteiger partial charge >= 0.3 is 0 Å². The van der Waals surface area contributed by atoms with E-state index in [4.69, 9.17) is 0 Å². The maximum absolute atomic E-state index is 11.9. The fraction of sp³-hybridized carbons (Fsp3) is 0.571. The summed E-state index contributed by atoms with van der Waals surface area (Å²) in [4.78, 5) is 15.9. The molecule has 1 N–H and O–H groups in total. The first-order chi connectivity index (χ1) is 8.27. The topological polar surface area (TPSA) is 42.0 Å². The molecule has 0 bridgehead atoms. The van der Waals surface area contributed by atoms with Gasteiger partial charge in [0.1, 0.15) is 0 Å². The van der Waals surface area contributed by atoms with E-state index in [-0.39, 0.29) is 11.8 Å². The van der Waals surface area contributed by atoms with Gasteiger partial charge in [-0.25, -0.2) is 0 Å². The molecule has 94 valence electrons. The zero-order valence-corrected chi connectivity index (χ0v) is 10.8. The number of unbranched alkanes of at least 4 members (excludes halogenated alkanes) is 1. The van der Waals surface area contributed by atoms with Gasteiger partial charge in [-0.15, -0.1) is 0 Å². The van der Waals surface area contributed by atoms with Crippen LogP contribution in [0.1, 0.15) is 45.1 Å². The SMILES string of the molecule is CCCCC(CC)C(=O)NCc1ccncc1. The van der Waals surface area contributed by atoms with Crippen LogP contribution in [-0.2, 0) is 11.3 Å². The third kappa shape index (κ3) is 4.98. The van der Waals surface area contributed by atoms with Crippen LogP contribution in [0, 0.1) is 5.92 Å². The molecule has 0 spiro atoms. The fourth-order valence-electron chi connectivity index (χ4n) is 1.81. The second-order valence-corrected chi connectivity index (χ2v) is 4.32. The van der Waals surface area contributed by atoms with Gasteiger partial charge in [0.25, 0.3) is 0 Å². The van der Waals surface area contributed by atoms with Gasteiger partial charge in [-0.05, 0) is 30.5 Å². The number of carbonyl (C=O) groups is 1. The normalized spacial score (nSPS) is 12.1. The molecule has 0 saturated carbocycles. The molecule has 1 atom stereocenters. The molecule has 0 aliphatic carbocycles. The Kier molecular flexibility index (Phi) is 6.30. The Morgan fingerprint density at radius 2 is 2.06 bits per heavy atom. The number of rotatable bonds is 7. The lowest BCUT2D eigenvalue weighted by molar-refractivity contribution is -0.125. The van der Waals surface area contributed by atoms with Gasteiger partial charge in [0.15, 0.2) is 0 Å². The summed E-state index contributed by atoms with van der Waals surface area (Å²) in [6, 6.07) is 3.85. The molecule has 3 heteroatoms. The average molecular weight is 234 g/mol. The molecule has 1 aromatic rings. The Bertz CT molecular complexity index is 324. The third-order valence-electron chi connectivity index (χ3n) is 2.99. The van der Waals surface area contributed by atoms with Crippen molar-refractivity contribution in [3.63, 3.8) is 0 Å². The molecule has 3 nitrogen and oxygen atoms in total. The summed E-state index contributed by atoms with van der Waals surface area (Å²) in [5.41, 5.74) is 1.10. The van der Waals surface area contributed by atoms with Crippen LogP contribution in [-0.4, -0.2) is 10.9 Å². The molecular weight excluding hydrogens is 212 g/mol. The number of hydrogen-bond donors (Lipinski definition) is 1. The first-order valence-corrected chi connectivity index (χ1v) is 6.44. The summed E-state index contributed by atoms with van der Waals surface area (Å²) in [6.07, 6.45) is 7.68. The van der Waals surface area contributed by atoms with E-state index in [0.29, 0.717) is 6.54 Å². The number of amides is 1. The Morgan fingerprint density at radius 1 is 1.35 bits per heavy atom. The number of carbonyl (C=O) groups excluding carboxylic acids is 1. The minimum Gasteiger partial charge on any atom is -0.352 e. The Balaban J connectivity index is 2.37. The van der Waals surface area contributed by atoms with Gasteiger partial charge in [-0.1, -0.05) is 26.7 Å². The quantitative estimate of drug-likeness (QED) is 0.788. The van der Waals surface area contributed by atoms with E-state index in [1.165, 1.54) is 0 Å². The van der Waals surface area contributed by atoms with Crippen molar-refractivity contribution in [2.24, 2.45) is 5.92 Å². The Hall–Kier alpha value is -1.38. The molecule has 0 aliphatic rings. The van der Waals surface area contributed by atoms with Crippen molar-refractivity contribution in [2.45, 2.75) is 46.1 Å². The van der Waals surface area contributed by atoms with E-state index in [9.17, 15) is 4.79 Å². The molecule has 1 rings (SSSR count). The molecule has 1 amide bonds. The van der Waals surface area contributed by atoms with Crippen LogP contribution in [0.3, 0.4) is 0 Å². The number of hydrogen-bond acceptors (Lipinski definition) is 2. The molecule has 0 fully saturated rings. The lowest BCUT2D eigenvalue weighted by atomic mass is 9.98. The standard InChI is InChI=1S/C14H22N2O/c1-3-5-6-13(4-2)14(17)16-11-12-7-9-15-10-8-12/h7-10,13H,3-6,11H2,1-2H3,(H,16,17). The van der Waals surface area contributed by atoms with Crippen molar-refractivity contribution in [2.75, 3.05) is 0 Å². The van der Waals surface area contributed by atoms with Gasteiger partial charge in [0.05, 0.1) is 0 Å². The van der Waals surface area contributed by atoms with Crippen molar-refractivity contribution in [1.82, 2.24) is 10.3 Å². The van der Waals surface area contributed by atoms with E-state index in [1.54, 1.807) is 12.4 Å². The second kappa shape index (κ2) is 7.82. The van der Waals surface area contributed by atoms with Crippen LogP contribution in [0.2, 0.25) is 0 Å². The van der Waals surface area contributed by atoms with E-state index < -0.39 is 0 Å². The molecule has 0 aromatic carbocycles. The molecule has 0 saturated heterocycles. The predicted molar refractivity (Wildman–Crippen MR) is 69.4 cm³/mol. The number of nitrogens with zero attached hydrogens (tertiary/aromatic N) is 1. The summed E-state index contributed by atoms with van der Waals surface area (Å²) >= 11 is 0. The maximum atomic E-state index is 11.9. The highest BCUT2D eigenvalue weighted by Gasteiger charge is 2.14. The minimum absolute atomic E-state index is 0.164. The fourth-order valence-corrected chi connectivity index (χ4v) is 1.81. The van der Waals surface area contributed by atoms with Crippen LogP contribution in [0.15, 0.2) is 24.5 Å². The number of aromatic nitrogens is 1. The summed E-state index contributed by atoms with van der Waals surface area (Å²) in [7, 11) is 0. The Labute approximate surface area is 104 Å². The zero-order chi connectivity index (χ0) is 12.5. The smallest absolute Gasteiger partial charge is 0.223 e. The summed E-state index contributed by atoms with van der Waals surface area (Å²) in [5.74, 6) is 0.342. The number of nitrogens with one attached hydrogen (secondary N) is 1. The molecule has 1 heterocycles. The van der Waals surface area contributed by atoms with E-state index in [1.807, 2.05) is 12.1 Å². The van der Waals surface area contributed by atoms with Gasteiger partial charge in [0, 0.05) is 24.9 Å². The van der Waals surface area contributed by atoms with Gasteiger partial charge in [-0.3, -0.25) is 9.78 Å². The number of pyridine rings is 1. The van der Waals surface area contributed by atoms with Gasteiger partial charge in [0.2, 0.25) is 5.91 Å². The highest BCUT2D eigenvalue weighted by atomic mass is 16.1. The first-order valence-electron chi connectivity index (χ1n) is 6.44. The average Bonchev–Trinajstić information content (AvgIpc) is 2.38. The van der Waals surface area contributed by atoms with E-state index >= 15 is 0 Å². The van der Waals surface area contributed by atoms with Crippen molar-refractivity contribution >= 4 is 5.91 Å². The third-order valence-corrected chi connectivity index (χ3v) is 2.99. The molecule has 0 aliphatic heterocycles. The monoisotopic (exact) mass is 234 g/mol. The van der Waals surface area contributed by atoms with Crippen molar-refractivity contribution in [3.8, 4) is 0 Å². The van der Waals surface area contributed by atoms with Crippen LogP contribution < -0.4 is 5.32 Å². The molecule has 17 heavy (non-hydrogen) atoms. The van der Waals surface area contributed by atoms with Crippen LogP contribution >= 0.6 is 0 Å². The summed E-state index contributed by atoms with van der Waals surface area (Å²) in [6.45, 7) is 4.83. The largest absolute Gasteiger partial charge is 0.352 e. The van der Waals surface area contributed by atoms with Crippen LogP contribution in [0.4, 0.5) is 0 Å². The maximum Gasteiger partial charge on any atom is 0.223 e.